The molecule has 0 bridgehead atoms. The van der Waals surface area contributed by atoms with Crippen LogP contribution in [-0.2, 0) is 4.79 Å². The van der Waals surface area contributed by atoms with E-state index in [0.29, 0.717) is 19.4 Å². The molecule has 1 aromatic carbocycles. The molecule has 23 heavy (non-hydrogen) atoms. The summed E-state index contributed by atoms with van der Waals surface area (Å²) in [7, 11) is 0. The lowest BCUT2D eigenvalue weighted by molar-refractivity contribution is -0.147. The Labute approximate surface area is 141 Å². The normalized spacial score (nSPS) is 20.7. The van der Waals surface area contributed by atoms with Gasteiger partial charge >= 0.3 is 5.97 Å². The van der Waals surface area contributed by atoms with E-state index < -0.39 is 11.5 Å². The molecule has 1 aromatic heterocycles. The molecule has 1 fully saturated rings. The predicted octanol–water partition coefficient (Wildman–Crippen LogP) is 2.71. The minimum atomic E-state index is -1.15. The number of nitrogens with zero attached hydrogens (tertiary/aromatic N) is 3. The minimum Gasteiger partial charge on any atom is -0.480 e. The molecule has 3 rings (SSSR count). The number of hydrogen-bond acceptors (Lipinski definition) is 3. The van der Waals surface area contributed by atoms with Crippen LogP contribution in [0.25, 0.3) is 5.69 Å². The maximum Gasteiger partial charge on any atom is 0.329 e. The SMILES string of the molecule is CC1(C(=O)O)CCCN1C(=O)c1cn(-c2ccc(Br)cc2)cn1. The van der Waals surface area contributed by atoms with Gasteiger partial charge in [-0.1, -0.05) is 15.9 Å². The number of amides is 1. The molecule has 120 valence electrons. The molecule has 0 radical (unpaired) electrons. The number of benzene rings is 1. The van der Waals surface area contributed by atoms with Crippen molar-refractivity contribution in [2.24, 2.45) is 0 Å². The lowest BCUT2D eigenvalue weighted by atomic mass is 9.99. The molecule has 1 amide bonds. The molecule has 2 aromatic rings. The van der Waals surface area contributed by atoms with Gasteiger partial charge < -0.3 is 14.6 Å². The number of hydrogen-bond donors (Lipinski definition) is 1. The van der Waals surface area contributed by atoms with E-state index in [-0.39, 0.29) is 11.6 Å². The highest BCUT2D eigenvalue weighted by molar-refractivity contribution is 9.10. The first-order valence-electron chi connectivity index (χ1n) is 7.27. The van der Waals surface area contributed by atoms with E-state index in [1.54, 1.807) is 24.0 Å². The third kappa shape index (κ3) is 2.76. The molecule has 1 aliphatic heterocycles. The van der Waals surface area contributed by atoms with Gasteiger partial charge in [-0.05, 0) is 44.0 Å². The Kier molecular flexibility index (Phi) is 3.97. The average Bonchev–Trinajstić information content (AvgIpc) is 3.15. The summed E-state index contributed by atoms with van der Waals surface area (Å²) in [5, 5.41) is 9.42. The van der Waals surface area contributed by atoms with Gasteiger partial charge in [-0.25, -0.2) is 9.78 Å². The van der Waals surface area contributed by atoms with Crippen molar-refractivity contribution in [3.63, 3.8) is 0 Å². The predicted molar refractivity (Wildman–Crippen MR) is 87.6 cm³/mol. The highest BCUT2D eigenvalue weighted by Gasteiger charge is 2.46. The van der Waals surface area contributed by atoms with Crippen molar-refractivity contribution in [2.75, 3.05) is 6.54 Å². The van der Waals surface area contributed by atoms with E-state index in [1.807, 2.05) is 24.3 Å². The number of imidazole rings is 1. The topological polar surface area (TPSA) is 75.4 Å². The van der Waals surface area contributed by atoms with Crippen LogP contribution in [0.5, 0.6) is 0 Å². The van der Waals surface area contributed by atoms with E-state index in [9.17, 15) is 14.7 Å². The summed E-state index contributed by atoms with van der Waals surface area (Å²) in [5.41, 5.74) is -0.0252. The van der Waals surface area contributed by atoms with Crippen molar-refractivity contribution in [3.05, 3.63) is 47.0 Å². The summed E-state index contributed by atoms with van der Waals surface area (Å²) in [6.45, 7) is 2.03. The molecular formula is C16H16BrN3O3. The van der Waals surface area contributed by atoms with Crippen LogP contribution in [0.4, 0.5) is 0 Å². The second-order valence-electron chi connectivity index (χ2n) is 5.78. The number of halogens is 1. The Hall–Kier alpha value is -2.15. The fraction of sp³-hybridized carbons (Fsp3) is 0.312. The van der Waals surface area contributed by atoms with Crippen LogP contribution < -0.4 is 0 Å². The first kappa shape index (κ1) is 15.7. The Bertz CT molecular complexity index is 756. The van der Waals surface area contributed by atoms with Crippen LogP contribution >= 0.6 is 15.9 Å². The zero-order valence-electron chi connectivity index (χ0n) is 12.6. The van der Waals surface area contributed by atoms with Gasteiger partial charge in [0.25, 0.3) is 5.91 Å². The van der Waals surface area contributed by atoms with Gasteiger partial charge in [0.2, 0.25) is 0 Å². The number of aromatic nitrogens is 2. The quantitative estimate of drug-likeness (QED) is 0.891. The number of carbonyl (C=O) groups excluding carboxylic acids is 1. The zero-order chi connectivity index (χ0) is 16.6. The summed E-state index contributed by atoms with van der Waals surface area (Å²) in [6.07, 6.45) is 4.33. The summed E-state index contributed by atoms with van der Waals surface area (Å²) in [4.78, 5) is 29.7. The molecule has 0 aliphatic carbocycles. The molecule has 0 saturated carbocycles. The van der Waals surface area contributed by atoms with Gasteiger partial charge in [-0.15, -0.1) is 0 Å². The van der Waals surface area contributed by atoms with E-state index in [1.165, 1.54) is 4.90 Å². The Morgan fingerprint density at radius 2 is 2.00 bits per heavy atom. The van der Waals surface area contributed by atoms with Gasteiger partial charge in [0.1, 0.15) is 17.6 Å². The minimum absolute atomic E-state index is 0.252. The third-order valence-electron chi connectivity index (χ3n) is 4.27. The van der Waals surface area contributed by atoms with Crippen molar-refractivity contribution in [2.45, 2.75) is 25.3 Å². The maximum atomic E-state index is 12.6. The summed E-state index contributed by atoms with van der Waals surface area (Å²) >= 11 is 3.38. The van der Waals surface area contributed by atoms with Crippen LogP contribution in [0.2, 0.25) is 0 Å². The Morgan fingerprint density at radius 3 is 2.65 bits per heavy atom. The van der Waals surface area contributed by atoms with Crippen LogP contribution in [0.1, 0.15) is 30.3 Å². The Morgan fingerprint density at radius 1 is 1.30 bits per heavy atom. The molecule has 1 saturated heterocycles. The largest absolute Gasteiger partial charge is 0.480 e. The lowest BCUT2D eigenvalue weighted by Crippen LogP contribution is -2.50. The second kappa shape index (κ2) is 5.81. The van der Waals surface area contributed by atoms with Crippen LogP contribution in [0.3, 0.4) is 0 Å². The average molecular weight is 378 g/mol. The first-order chi connectivity index (χ1) is 10.9. The van der Waals surface area contributed by atoms with Crippen molar-refractivity contribution >= 4 is 27.8 Å². The van der Waals surface area contributed by atoms with E-state index in [4.69, 9.17) is 0 Å². The Balaban J connectivity index is 1.87. The summed E-state index contributed by atoms with van der Waals surface area (Å²) < 4.78 is 2.71. The van der Waals surface area contributed by atoms with Gasteiger partial charge in [0.15, 0.2) is 0 Å². The molecule has 1 aliphatic rings. The van der Waals surface area contributed by atoms with Gasteiger partial charge in [-0.2, -0.15) is 0 Å². The summed E-state index contributed by atoms with van der Waals surface area (Å²) in [5.74, 6) is -1.32. The monoisotopic (exact) mass is 377 g/mol. The second-order valence-corrected chi connectivity index (χ2v) is 6.70. The third-order valence-corrected chi connectivity index (χ3v) is 4.80. The van der Waals surface area contributed by atoms with Crippen LogP contribution in [0.15, 0.2) is 41.3 Å². The smallest absolute Gasteiger partial charge is 0.329 e. The molecule has 7 heteroatoms. The molecule has 2 heterocycles. The first-order valence-corrected chi connectivity index (χ1v) is 8.06. The van der Waals surface area contributed by atoms with E-state index >= 15 is 0 Å². The van der Waals surface area contributed by atoms with Crippen LogP contribution in [0, 0.1) is 0 Å². The summed E-state index contributed by atoms with van der Waals surface area (Å²) in [6, 6.07) is 7.60. The highest BCUT2D eigenvalue weighted by Crippen LogP contribution is 2.30. The number of carbonyl (C=O) groups is 2. The molecule has 0 spiro atoms. The molecular weight excluding hydrogens is 362 g/mol. The fourth-order valence-corrected chi connectivity index (χ4v) is 3.10. The lowest BCUT2D eigenvalue weighted by Gasteiger charge is -2.30. The van der Waals surface area contributed by atoms with Gasteiger partial charge in [-0.3, -0.25) is 4.79 Å². The number of carboxylic acids is 1. The van der Waals surface area contributed by atoms with Gasteiger partial charge in [0.05, 0.1) is 0 Å². The highest BCUT2D eigenvalue weighted by atomic mass is 79.9. The maximum absolute atomic E-state index is 12.6. The molecule has 1 atom stereocenters. The number of carboxylic acid groups (broad SMARTS) is 1. The number of rotatable bonds is 3. The van der Waals surface area contributed by atoms with Crippen molar-refractivity contribution in [1.29, 1.82) is 0 Å². The van der Waals surface area contributed by atoms with Crippen molar-refractivity contribution < 1.29 is 14.7 Å². The standard InChI is InChI=1S/C16H16BrN3O3/c1-16(15(22)23)7-2-8-20(16)14(21)13-9-19(10-18-13)12-5-3-11(17)4-6-12/h3-6,9-10H,2,7-8H2,1H3,(H,22,23). The van der Waals surface area contributed by atoms with E-state index in [0.717, 1.165) is 10.2 Å². The zero-order valence-corrected chi connectivity index (χ0v) is 14.2. The van der Waals surface area contributed by atoms with Crippen LogP contribution in [-0.4, -0.2) is 43.5 Å². The molecule has 6 nitrogen and oxygen atoms in total. The van der Waals surface area contributed by atoms with Crippen molar-refractivity contribution in [3.8, 4) is 5.69 Å². The molecule has 1 unspecified atom stereocenters. The fourth-order valence-electron chi connectivity index (χ4n) is 2.84. The molecule has 1 N–H and O–H groups in total. The van der Waals surface area contributed by atoms with E-state index in [2.05, 4.69) is 20.9 Å². The van der Waals surface area contributed by atoms with Crippen molar-refractivity contribution in [1.82, 2.24) is 14.5 Å². The number of likely N-dealkylation sites (tertiary alicyclic amines) is 1. The van der Waals surface area contributed by atoms with Gasteiger partial charge in [0, 0.05) is 22.9 Å². The number of aliphatic carboxylic acids is 1.